The third-order valence-corrected chi connectivity index (χ3v) is 6.85. The van der Waals surface area contributed by atoms with Gasteiger partial charge in [-0.3, -0.25) is 0 Å². The lowest BCUT2D eigenvalue weighted by molar-refractivity contribution is 0.303. The first kappa shape index (κ1) is 21.2. The number of aryl methyl sites for hydroxylation is 1. The molecule has 0 saturated carbocycles. The van der Waals surface area contributed by atoms with Crippen LogP contribution in [0.1, 0.15) is 17.1 Å². The van der Waals surface area contributed by atoms with E-state index < -0.39 is 0 Å². The van der Waals surface area contributed by atoms with Crippen molar-refractivity contribution in [2.75, 3.05) is 25.6 Å². The van der Waals surface area contributed by atoms with Crippen LogP contribution in [0.4, 0.5) is 5.13 Å². The molecule has 9 nitrogen and oxygen atoms in total. The van der Waals surface area contributed by atoms with E-state index in [9.17, 15) is 0 Å². The molecule has 0 saturated heterocycles. The van der Waals surface area contributed by atoms with Crippen LogP contribution in [0.5, 0.6) is 11.5 Å². The van der Waals surface area contributed by atoms with Gasteiger partial charge in [0, 0.05) is 31.1 Å². The van der Waals surface area contributed by atoms with Crippen molar-refractivity contribution in [1.82, 2.24) is 19.6 Å². The molecule has 0 bridgehead atoms. The number of ether oxygens (including phenoxy) is 2. The van der Waals surface area contributed by atoms with Crippen LogP contribution in [0.15, 0.2) is 34.2 Å². The van der Waals surface area contributed by atoms with Crippen LogP contribution in [0.25, 0.3) is 27.4 Å². The quantitative estimate of drug-likeness (QED) is 0.309. The number of fused-ring (bicyclic) bond motifs is 2. The van der Waals surface area contributed by atoms with Crippen LogP contribution in [0, 0.1) is 18.3 Å². The first-order chi connectivity index (χ1) is 16.0. The second-order valence-electron chi connectivity index (χ2n) is 7.36. The molecule has 0 aliphatic carbocycles. The first-order valence-corrected chi connectivity index (χ1v) is 11.8. The Morgan fingerprint density at radius 3 is 2.94 bits per heavy atom. The molecular formula is C22H20N6O3S2. The normalized spacial score (nSPS) is 11.2. The Morgan fingerprint density at radius 1 is 1.27 bits per heavy atom. The molecule has 11 heteroatoms. The van der Waals surface area contributed by atoms with Crippen LogP contribution in [-0.4, -0.2) is 40.3 Å². The molecule has 4 aromatic heterocycles. The highest BCUT2D eigenvalue weighted by Gasteiger charge is 2.17. The Hall–Kier alpha value is -3.62. The lowest BCUT2D eigenvalue weighted by Gasteiger charge is -2.12. The zero-order valence-electron chi connectivity index (χ0n) is 18.2. The molecule has 0 radical (unpaired) electrons. The van der Waals surface area contributed by atoms with Gasteiger partial charge >= 0.3 is 0 Å². The maximum atomic E-state index is 8.78. The van der Waals surface area contributed by atoms with Gasteiger partial charge in [-0.15, -0.1) is 11.3 Å². The number of imidazole rings is 1. The summed E-state index contributed by atoms with van der Waals surface area (Å²) >= 11 is 3.05. The van der Waals surface area contributed by atoms with Crippen molar-refractivity contribution in [1.29, 1.82) is 5.26 Å². The lowest BCUT2D eigenvalue weighted by atomic mass is 10.2. The van der Waals surface area contributed by atoms with Gasteiger partial charge in [0.15, 0.2) is 10.9 Å². The number of furan rings is 1. The molecule has 5 rings (SSSR count). The highest BCUT2D eigenvalue weighted by atomic mass is 32.1. The Balaban J connectivity index is 1.41. The SMILES string of the molecule is COc1cc(OCc2csc(N(C)CCC#N)n2)c2cc(-c3cn4nc(C)sc4n3)oc2c1. The van der Waals surface area contributed by atoms with Crippen LogP contribution >= 0.6 is 22.7 Å². The smallest absolute Gasteiger partial charge is 0.212 e. The van der Waals surface area contributed by atoms with E-state index in [2.05, 4.69) is 21.1 Å². The van der Waals surface area contributed by atoms with Gasteiger partial charge < -0.3 is 18.8 Å². The van der Waals surface area contributed by atoms with Gasteiger partial charge in [-0.1, -0.05) is 11.3 Å². The molecule has 0 spiro atoms. The molecule has 0 amide bonds. The topological polar surface area (TPSA) is 102 Å². The summed E-state index contributed by atoms with van der Waals surface area (Å²) in [4.78, 5) is 12.0. The minimum Gasteiger partial charge on any atom is -0.496 e. The summed E-state index contributed by atoms with van der Waals surface area (Å²) < 4.78 is 19.4. The highest BCUT2D eigenvalue weighted by molar-refractivity contribution is 7.16. The van der Waals surface area contributed by atoms with Crippen molar-refractivity contribution in [3.63, 3.8) is 0 Å². The summed E-state index contributed by atoms with van der Waals surface area (Å²) in [5.74, 6) is 1.91. The summed E-state index contributed by atoms with van der Waals surface area (Å²) in [5, 5.41) is 17.8. The fourth-order valence-corrected chi connectivity index (χ4v) is 4.89. The van der Waals surface area contributed by atoms with Gasteiger partial charge in [0.25, 0.3) is 0 Å². The average molecular weight is 481 g/mol. The third-order valence-electron chi connectivity index (χ3n) is 5.01. The number of nitriles is 1. The Morgan fingerprint density at radius 2 is 2.15 bits per heavy atom. The predicted octanol–water partition coefficient (Wildman–Crippen LogP) is 4.91. The van der Waals surface area contributed by atoms with E-state index in [1.165, 1.54) is 22.7 Å². The second kappa shape index (κ2) is 8.73. The van der Waals surface area contributed by atoms with Crippen molar-refractivity contribution < 1.29 is 13.9 Å². The maximum Gasteiger partial charge on any atom is 0.212 e. The first-order valence-electron chi connectivity index (χ1n) is 10.1. The minimum absolute atomic E-state index is 0.300. The molecule has 168 valence electrons. The number of hydrogen-bond donors (Lipinski definition) is 0. The van der Waals surface area contributed by atoms with Crippen molar-refractivity contribution in [3.8, 4) is 29.0 Å². The fraction of sp³-hybridized carbons (Fsp3) is 0.273. The highest BCUT2D eigenvalue weighted by Crippen LogP contribution is 2.37. The van der Waals surface area contributed by atoms with E-state index in [0.717, 1.165) is 26.2 Å². The molecule has 0 aliphatic heterocycles. The summed E-state index contributed by atoms with van der Waals surface area (Å²) in [5.41, 5.74) is 2.17. The monoisotopic (exact) mass is 480 g/mol. The van der Waals surface area contributed by atoms with E-state index in [-0.39, 0.29) is 0 Å². The molecule has 0 N–H and O–H groups in total. The van der Waals surface area contributed by atoms with Crippen molar-refractivity contribution >= 4 is 43.7 Å². The molecule has 33 heavy (non-hydrogen) atoms. The number of rotatable bonds is 8. The van der Waals surface area contributed by atoms with E-state index in [1.807, 2.05) is 48.6 Å². The summed E-state index contributed by atoms with van der Waals surface area (Å²) in [7, 11) is 3.53. The molecule has 0 aliphatic rings. The van der Waals surface area contributed by atoms with Crippen molar-refractivity contribution in [2.45, 2.75) is 20.0 Å². The average Bonchev–Trinajstić information content (AvgIpc) is 3.57. The number of thiazole rings is 1. The van der Waals surface area contributed by atoms with Gasteiger partial charge in [-0.25, -0.2) is 14.5 Å². The van der Waals surface area contributed by atoms with Gasteiger partial charge in [0.05, 0.1) is 36.9 Å². The maximum absolute atomic E-state index is 8.78. The number of anilines is 1. The summed E-state index contributed by atoms with van der Waals surface area (Å²) in [6.45, 7) is 2.89. The van der Waals surface area contributed by atoms with E-state index in [0.29, 0.717) is 48.1 Å². The molecule has 0 unspecified atom stereocenters. The number of methoxy groups -OCH3 is 1. The Kier molecular flexibility index (Phi) is 5.62. The number of benzene rings is 1. The van der Waals surface area contributed by atoms with Crippen LogP contribution < -0.4 is 14.4 Å². The molecule has 5 aromatic rings. The standard InChI is InChI=1S/C22H20N6O3S2/c1-13-26-28-10-17(25-22(28)33-13)20-9-16-18(7-15(29-3)8-19(16)31-20)30-11-14-12-32-21(24-14)27(2)6-4-5-23/h7-10,12H,4,6,11H2,1-3H3. The van der Waals surface area contributed by atoms with Gasteiger partial charge in [0.1, 0.15) is 34.4 Å². The van der Waals surface area contributed by atoms with Gasteiger partial charge in [-0.2, -0.15) is 10.4 Å². The molecule has 0 fully saturated rings. The van der Waals surface area contributed by atoms with E-state index in [1.54, 1.807) is 11.6 Å². The third kappa shape index (κ3) is 4.22. The molecule has 1 aromatic carbocycles. The van der Waals surface area contributed by atoms with E-state index in [4.69, 9.17) is 19.2 Å². The van der Waals surface area contributed by atoms with E-state index >= 15 is 0 Å². The van der Waals surface area contributed by atoms with Gasteiger partial charge in [-0.05, 0) is 13.0 Å². The predicted molar refractivity (Wildman–Crippen MR) is 127 cm³/mol. The van der Waals surface area contributed by atoms with Crippen LogP contribution in [0.2, 0.25) is 0 Å². The largest absolute Gasteiger partial charge is 0.496 e. The minimum atomic E-state index is 0.300. The second-order valence-corrected chi connectivity index (χ2v) is 9.36. The Labute approximate surface area is 197 Å². The molecule has 0 atom stereocenters. The molecule has 4 heterocycles. The summed E-state index contributed by atoms with van der Waals surface area (Å²) in [6.07, 6.45) is 2.31. The zero-order chi connectivity index (χ0) is 22.9. The van der Waals surface area contributed by atoms with Crippen molar-refractivity contribution in [2.24, 2.45) is 0 Å². The number of nitrogens with zero attached hydrogens (tertiary/aromatic N) is 6. The summed E-state index contributed by atoms with van der Waals surface area (Å²) in [6, 6.07) is 7.74. The van der Waals surface area contributed by atoms with Crippen LogP contribution in [0.3, 0.4) is 0 Å². The number of aromatic nitrogens is 4. The Bertz CT molecular complexity index is 1440. The number of hydrogen-bond acceptors (Lipinski definition) is 10. The van der Waals surface area contributed by atoms with Crippen LogP contribution in [-0.2, 0) is 6.61 Å². The lowest BCUT2D eigenvalue weighted by Crippen LogP contribution is -2.17. The van der Waals surface area contributed by atoms with Crippen molar-refractivity contribution in [3.05, 3.63) is 40.5 Å². The van der Waals surface area contributed by atoms with Gasteiger partial charge in [0.2, 0.25) is 4.96 Å². The fourth-order valence-electron chi connectivity index (χ4n) is 3.37. The zero-order valence-corrected chi connectivity index (χ0v) is 19.9. The molecular weight excluding hydrogens is 460 g/mol.